The fourth-order valence-electron chi connectivity index (χ4n) is 0.738. The Morgan fingerprint density at radius 1 is 1.64 bits per heavy atom. The Bertz CT molecular complexity index is 343. The van der Waals surface area contributed by atoms with Gasteiger partial charge in [0.2, 0.25) is 6.10 Å². The van der Waals surface area contributed by atoms with Gasteiger partial charge >= 0.3 is 16.4 Å². The lowest BCUT2D eigenvalue weighted by Gasteiger charge is -2.06. The van der Waals surface area contributed by atoms with Crippen molar-refractivity contribution < 1.29 is 26.3 Å². The monoisotopic (exact) mass is 222 g/mol. The van der Waals surface area contributed by atoms with Crippen LogP contribution in [0.1, 0.15) is 6.92 Å². The van der Waals surface area contributed by atoms with Crippen LogP contribution in [0, 0.1) is 0 Å². The molecular weight excluding hydrogens is 212 g/mol. The Hall–Kier alpha value is -0.920. The van der Waals surface area contributed by atoms with Crippen LogP contribution in [0.5, 0.6) is 0 Å². The summed E-state index contributed by atoms with van der Waals surface area (Å²) in [5, 5.41) is 0. The summed E-state index contributed by atoms with van der Waals surface area (Å²) in [7, 11) is -4.00. The highest BCUT2D eigenvalue weighted by molar-refractivity contribution is 7.82. The zero-order valence-corrected chi connectivity index (χ0v) is 8.37. The minimum atomic E-state index is -4.00. The summed E-state index contributed by atoms with van der Waals surface area (Å²) in [4.78, 5) is 11.1. The van der Waals surface area contributed by atoms with Gasteiger partial charge in [0.05, 0.1) is 0 Å². The van der Waals surface area contributed by atoms with Crippen LogP contribution in [-0.2, 0) is 28.3 Å². The van der Waals surface area contributed by atoms with Gasteiger partial charge in [-0.15, -0.1) is 0 Å². The van der Waals surface area contributed by atoms with Gasteiger partial charge in [-0.05, 0) is 12.5 Å². The van der Waals surface area contributed by atoms with Gasteiger partial charge in [0.15, 0.2) is 0 Å². The molecule has 6 nitrogen and oxygen atoms in total. The van der Waals surface area contributed by atoms with Crippen molar-refractivity contribution in [3.8, 4) is 0 Å². The van der Waals surface area contributed by atoms with Crippen molar-refractivity contribution in [2.45, 2.75) is 13.0 Å². The number of hydrogen-bond donors (Lipinski definition) is 0. The lowest BCUT2D eigenvalue weighted by Crippen LogP contribution is -2.25. The number of carbonyl (C=O) groups excluding carboxylic acids is 1. The zero-order valence-electron chi connectivity index (χ0n) is 7.56. The molecule has 1 rings (SSSR count). The van der Waals surface area contributed by atoms with E-state index in [9.17, 15) is 13.2 Å². The highest BCUT2D eigenvalue weighted by atomic mass is 32.3. The molecule has 1 aliphatic rings. The predicted molar refractivity (Wildman–Crippen MR) is 45.5 cm³/mol. The lowest BCUT2D eigenvalue weighted by molar-refractivity contribution is -0.150. The zero-order chi connectivity index (χ0) is 10.8. The largest absolute Gasteiger partial charge is 0.459 e. The number of esters is 1. The maximum atomic E-state index is 11.1. The Balaban J connectivity index is 2.44. The quantitative estimate of drug-likeness (QED) is 0.484. The van der Waals surface area contributed by atoms with Crippen LogP contribution < -0.4 is 0 Å². The van der Waals surface area contributed by atoms with Crippen LogP contribution in [0.3, 0.4) is 0 Å². The molecule has 1 heterocycles. The van der Waals surface area contributed by atoms with Crippen molar-refractivity contribution >= 4 is 16.4 Å². The predicted octanol–water partition coefficient (Wildman–Crippen LogP) is -0.234. The molecule has 0 aliphatic carbocycles. The summed E-state index contributed by atoms with van der Waals surface area (Å²) >= 11 is 0. The number of rotatable bonds is 3. The smallest absolute Gasteiger partial charge is 0.400 e. The molecule has 0 radical (unpaired) electrons. The molecular formula is C7H10O6S. The maximum absolute atomic E-state index is 11.1. The van der Waals surface area contributed by atoms with Crippen molar-refractivity contribution in [3.05, 3.63) is 12.2 Å². The molecule has 1 atom stereocenters. The van der Waals surface area contributed by atoms with Crippen LogP contribution in [0.4, 0.5) is 0 Å². The van der Waals surface area contributed by atoms with Crippen molar-refractivity contribution in [2.24, 2.45) is 0 Å². The van der Waals surface area contributed by atoms with Crippen molar-refractivity contribution in [1.29, 1.82) is 0 Å². The van der Waals surface area contributed by atoms with Gasteiger partial charge in [0.1, 0.15) is 13.2 Å². The highest BCUT2D eigenvalue weighted by Crippen LogP contribution is 2.13. The van der Waals surface area contributed by atoms with Crippen LogP contribution >= 0.6 is 0 Å². The molecule has 14 heavy (non-hydrogen) atoms. The van der Waals surface area contributed by atoms with E-state index in [4.69, 9.17) is 0 Å². The molecule has 1 unspecified atom stereocenters. The topological polar surface area (TPSA) is 78.9 Å². The Kier molecular flexibility index (Phi) is 3.25. The standard InChI is InChI=1S/C7H10O6S/c1-5(2)3-11-7(8)6-4-12-14(9,10)13-6/h6H,1,3-4H2,2H3. The molecule has 0 spiro atoms. The SMILES string of the molecule is C=C(C)COC(=O)C1COS(=O)(=O)O1. The van der Waals surface area contributed by atoms with E-state index in [0.717, 1.165) is 0 Å². The fourth-order valence-corrected chi connectivity index (χ4v) is 1.50. The Morgan fingerprint density at radius 3 is 2.71 bits per heavy atom. The van der Waals surface area contributed by atoms with E-state index in [1.807, 2.05) is 0 Å². The summed E-state index contributed by atoms with van der Waals surface area (Å²) < 4.78 is 34.4. The molecule has 0 bridgehead atoms. The summed E-state index contributed by atoms with van der Waals surface area (Å²) in [6, 6.07) is 0. The molecule has 0 aromatic carbocycles. The van der Waals surface area contributed by atoms with Crippen molar-refractivity contribution in [2.75, 3.05) is 13.2 Å². The summed E-state index contributed by atoms with van der Waals surface area (Å²) in [6.45, 7) is 4.90. The number of hydrogen-bond acceptors (Lipinski definition) is 6. The van der Waals surface area contributed by atoms with Crippen LogP contribution in [-0.4, -0.2) is 33.7 Å². The van der Waals surface area contributed by atoms with Gasteiger partial charge in [-0.3, -0.25) is 0 Å². The first-order valence-electron chi connectivity index (χ1n) is 3.79. The molecule has 80 valence electrons. The molecule has 7 heteroatoms. The summed E-state index contributed by atoms with van der Waals surface area (Å²) in [5.74, 6) is -0.769. The molecule has 1 aliphatic heterocycles. The highest BCUT2D eigenvalue weighted by Gasteiger charge is 2.36. The minimum absolute atomic E-state index is 0.0404. The Labute approximate surface area is 81.8 Å². The third kappa shape index (κ3) is 3.09. The van der Waals surface area contributed by atoms with E-state index in [1.54, 1.807) is 6.92 Å². The van der Waals surface area contributed by atoms with E-state index in [1.165, 1.54) is 0 Å². The first-order valence-corrected chi connectivity index (χ1v) is 5.13. The second-order valence-electron chi connectivity index (χ2n) is 2.84. The second kappa shape index (κ2) is 4.07. The average molecular weight is 222 g/mol. The fraction of sp³-hybridized carbons (Fsp3) is 0.571. The molecule has 0 N–H and O–H groups in total. The summed E-state index contributed by atoms with van der Waals surface area (Å²) in [5.41, 5.74) is 0.653. The second-order valence-corrected chi connectivity index (χ2v) is 4.09. The van der Waals surface area contributed by atoms with Gasteiger partial charge < -0.3 is 4.74 Å². The minimum Gasteiger partial charge on any atom is -0.459 e. The van der Waals surface area contributed by atoms with Gasteiger partial charge in [-0.25, -0.2) is 13.2 Å². The first-order chi connectivity index (χ1) is 6.41. The lowest BCUT2D eigenvalue weighted by atomic mass is 10.3. The molecule has 0 saturated carbocycles. The van der Waals surface area contributed by atoms with Gasteiger partial charge in [0.25, 0.3) is 0 Å². The van der Waals surface area contributed by atoms with Gasteiger partial charge in [-0.2, -0.15) is 8.42 Å². The number of ether oxygens (including phenoxy) is 1. The van der Waals surface area contributed by atoms with Crippen LogP contribution in [0.2, 0.25) is 0 Å². The summed E-state index contributed by atoms with van der Waals surface area (Å²) in [6.07, 6.45) is -1.20. The van der Waals surface area contributed by atoms with E-state index in [-0.39, 0.29) is 13.2 Å². The van der Waals surface area contributed by atoms with E-state index >= 15 is 0 Å². The van der Waals surface area contributed by atoms with Crippen molar-refractivity contribution in [3.63, 3.8) is 0 Å². The molecule has 1 saturated heterocycles. The van der Waals surface area contributed by atoms with E-state index in [0.29, 0.717) is 5.57 Å². The molecule has 1 fully saturated rings. The number of carbonyl (C=O) groups is 1. The third-order valence-electron chi connectivity index (χ3n) is 1.32. The molecule has 0 aromatic rings. The molecule has 0 aromatic heterocycles. The van der Waals surface area contributed by atoms with Gasteiger partial charge in [0, 0.05) is 0 Å². The maximum Gasteiger partial charge on any atom is 0.400 e. The normalized spacial score (nSPS) is 24.5. The first kappa shape index (κ1) is 11.2. The molecule has 0 amide bonds. The Morgan fingerprint density at radius 2 is 2.29 bits per heavy atom. The van der Waals surface area contributed by atoms with Crippen LogP contribution in [0.25, 0.3) is 0 Å². The third-order valence-corrected chi connectivity index (χ3v) is 2.21. The van der Waals surface area contributed by atoms with Crippen LogP contribution in [0.15, 0.2) is 12.2 Å². The van der Waals surface area contributed by atoms with Crippen molar-refractivity contribution in [1.82, 2.24) is 0 Å². The van der Waals surface area contributed by atoms with Gasteiger partial charge in [-0.1, -0.05) is 6.58 Å². The van der Waals surface area contributed by atoms with E-state index < -0.39 is 22.5 Å². The van der Waals surface area contributed by atoms with E-state index in [2.05, 4.69) is 19.7 Å². The average Bonchev–Trinajstić information content (AvgIpc) is 2.41.